The molecule has 2 aromatic rings. The van der Waals surface area contributed by atoms with Crippen LogP contribution in [0.15, 0.2) is 36.4 Å². The van der Waals surface area contributed by atoms with E-state index in [2.05, 4.69) is 64.1 Å². The van der Waals surface area contributed by atoms with Crippen LogP contribution in [0.1, 0.15) is 138 Å². The summed E-state index contributed by atoms with van der Waals surface area (Å²) >= 11 is 0. The van der Waals surface area contributed by atoms with E-state index in [-0.39, 0.29) is 0 Å². The van der Waals surface area contributed by atoms with Crippen molar-refractivity contribution < 1.29 is 0 Å². The van der Waals surface area contributed by atoms with Crippen LogP contribution < -0.4 is 0 Å². The second kappa shape index (κ2) is 8.97. The summed E-state index contributed by atoms with van der Waals surface area (Å²) in [5.41, 5.74) is 12.3. The van der Waals surface area contributed by atoms with E-state index >= 15 is 0 Å². The topological polar surface area (TPSA) is 0 Å². The summed E-state index contributed by atoms with van der Waals surface area (Å²) in [5, 5.41) is 0. The lowest BCUT2D eigenvalue weighted by Gasteiger charge is -2.74. The zero-order valence-electron chi connectivity index (χ0n) is 26.1. The molecule has 4 unspecified atom stereocenters. The van der Waals surface area contributed by atoms with Crippen molar-refractivity contribution in [3.8, 4) is 0 Å². The lowest BCUT2D eigenvalue weighted by molar-refractivity contribution is -0.212. The van der Waals surface area contributed by atoms with Crippen LogP contribution in [0.2, 0.25) is 0 Å². The zero-order chi connectivity index (χ0) is 27.3. The Kier molecular flexibility index (Phi) is 5.85. The van der Waals surface area contributed by atoms with E-state index in [0.717, 1.165) is 23.7 Å². The highest BCUT2D eigenvalue weighted by Crippen LogP contribution is 2.79. The van der Waals surface area contributed by atoms with Gasteiger partial charge in [0.2, 0.25) is 0 Å². The van der Waals surface area contributed by atoms with Crippen molar-refractivity contribution in [3.63, 3.8) is 0 Å². The van der Waals surface area contributed by atoms with Gasteiger partial charge in [-0.2, -0.15) is 0 Å². The number of hydrogen-bond acceptors (Lipinski definition) is 0. The molecule has 0 radical (unpaired) electrons. The van der Waals surface area contributed by atoms with Gasteiger partial charge in [-0.05, 0) is 181 Å². The summed E-state index contributed by atoms with van der Waals surface area (Å²) in [6.07, 6.45) is 23.2. The van der Waals surface area contributed by atoms with Crippen LogP contribution in [-0.2, 0) is 36.5 Å². The Morgan fingerprint density at radius 1 is 0.500 bits per heavy atom. The fraction of sp³-hybridized carbons (Fsp3) is 0.700. The minimum Gasteiger partial charge on any atom is -0.0613 e. The van der Waals surface area contributed by atoms with Gasteiger partial charge in [0.25, 0.3) is 0 Å². The molecule has 0 heterocycles. The maximum atomic E-state index is 2.71. The Morgan fingerprint density at radius 3 is 1.20 bits per heavy atom. The minimum atomic E-state index is 0.466. The third kappa shape index (κ3) is 3.56. The van der Waals surface area contributed by atoms with E-state index in [9.17, 15) is 0 Å². The van der Waals surface area contributed by atoms with Gasteiger partial charge in [0.15, 0.2) is 0 Å². The summed E-state index contributed by atoms with van der Waals surface area (Å²) in [6, 6.07) is 15.4. The van der Waals surface area contributed by atoms with E-state index in [1.807, 2.05) is 11.1 Å². The molecule has 0 aliphatic heterocycles. The molecule has 8 fully saturated rings. The Balaban J connectivity index is 1.25. The standard InChI is InChI=1S/C40H54/c1-5-27-9-11-33(7-3)35(15-27)37-17-29-13-30(18-37)22-39(21-29,25-37)40-23-31-14-32(24-40)20-38(19-31,26-40)36-16-28(6-2)10-12-34(36)8-4/h9-12,15-16,29-32H,5-8,13-14,17-26H2,1-4H3. The van der Waals surface area contributed by atoms with Crippen LogP contribution in [-0.4, -0.2) is 0 Å². The highest BCUT2D eigenvalue weighted by atomic mass is 14.7. The number of rotatable bonds is 7. The first-order chi connectivity index (χ1) is 19.4. The predicted molar refractivity (Wildman–Crippen MR) is 168 cm³/mol. The zero-order valence-corrected chi connectivity index (χ0v) is 26.1. The first kappa shape index (κ1) is 26.1. The fourth-order valence-corrected chi connectivity index (χ4v) is 13.7. The molecule has 8 bridgehead atoms. The van der Waals surface area contributed by atoms with Gasteiger partial charge in [-0.25, -0.2) is 0 Å². The van der Waals surface area contributed by atoms with Crippen LogP contribution in [0.25, 0.3) is 0 Å². The molecule has 0 saturated heterocycles. The molecule has 0 heteroatoms. The van der Waals surface area contributed by atoms with Gasteiger partial charge in [0, 0.05) is 0 Å². The second-order valence-corrected chi connectivity index (χ2v) is 16.4. The van der Waals surface area contributed by atoms with Gasteiger partial charge in [-0.1, -0.05) is 64.1 Å². The third-order valence-electron chi connectivity index (χ3n) is 14.3. The SMILES string of the molecule is CCc1ccc(CC)c(C23CC4CC(C2)CC(C25CC6CC(CC(c7cc(CC)ccc7CC)(C6)C2)C5)(C4)C3)c1. The van der Waals surface area contributed by atoms with Crippen LogP contribution in [0.4, 0.5) is 0 Å². The Hall–Kier alpha value is -1.56. The van der Waals surface area contributed by atoms with Crippen LogP contribution >= 0.6 is 0 Å². The molecule has 0 N–H and O–H groups in total. The number of benzene rings is 2. The average Bonchev–Trinajstić information content (AvgIpc) is 2.95. The molecule has 214 valence electrons. The fourth-order valence-electron chi connectivity index (χ4n) is 13.7. The molecule has 40 heavy (non-hydrogen) atoms. The minimum absolute atomic E-state index is 0.466. The Labute approximate surface area is 245 Å². The lowest BCUT2D eigenvalue weighted by atomic mass is 9.30. The Bertz CT molecular complexity index is 1180. The summed E-state index contributed by atoms with van der Waals surface area (Å²) in [4.78, 5) is 0. The van der Waals surface area contributed by atoms with Gasteiger partial charge in [-0.3, -0.25) is 0 Å². The van der Waals surface area contributed by atoms with Crippen LogP contribution in [0, 0.1) is 34.5 Å². The molecular weight excluding hydrogens is 480 g/mol. The molecular formula is C40H54. The van der Waals surface area contributed by atoms with Crippen molar-refractivity contribution in [2.75, 3.05) is 0 Å². The molecule has 0 amide bonds. The van der Waals surface area contributed by atoms with Crippen LogP contribution in [0.3, 0.4) is 0 Å². The molecule has 4 atom stereocenters. The van der Waals surface area contributed by atoms with E-state index < -0.39 is 0 Å². The van der Waals surface area contributed by atoms with Crippen molar-refractivity contribution in [2.45, 2.75) is 141 Å². The van der Waals surface area contributed by atoms with E-state index in [1.165, 1.54) is 64.2 Å². The van der Waals surface area contributed by atoms with E-state index in [1.54, 1.807) is 60.8 Å². The second-order valence-electron chi connectivity index (χ2n) is 16.4. The molecule has 8 aliphatic carbocycles. The largest absolute Gasteiger partial charge is 0.0613 e. The molecule has 0 spiro atoms. The van der Waals surface area contributed by atoms with E-state index in [4.69, 9.17) is 0 Å². The Morgan fingerprint density at radius 2 is 0.875 bits per heavy atom. The van der Waals surface area contributed by atoms with Crippen molar-refractivity contribution in [2.24, 2.45) is 34.5 Å². The molecule has 0 nitrogen and oxygen atoms in total. The highest BCUT2D eigenvalue weighted by Gasteiger charge is 2.70. The van der Waals surface area contributed by atoms with Gasteiger partial charge < -0.3 is 0 Å². The summed E-state index contributed by atoms with van der Waals surface area (Å²) in [7, 11) is 0. The number of hydrogen-bond donors (Lipinski definition) is 0. The summed E-state index contributed by atoms with van der Waals surface area (Å²) in [5.74, 6) is 3.93. The predicted octanol–water partition coefficient (Wildman–Crippen LogP) is 10.3. The van der Waals surface area contributed by atoms with Gasteiger partial charge in [0.1, 0.15) is 0 Å². The van der Waals surface area contributed by atoms with E-state index in [0.29, 0.717) is 21.7 Å². The summed E-state index contributed by atoms with van der Waals surface area (Å²) in [6.45, 7) is 9.55. The molecule has 8 saturated carbocycles. The van der Waals surface area contributed by atoms with Gasteiger partial charge >= 0.3 is 0 Å². The molecule has 0 aromatic heterocycles. The van der Waals surface area contributed by atoms with Crippen molar-refractivity contribution in [3.05, 3.63) is 69.8 Å². The summed E-state index contributed by atoms with van der Waals surface area (Å²) < 4.78 is 0. The maximum Gasteiger partial charge on any atom is -0.00334 e. The highest BCUT2D eigenvalue weighted by molar-refractivity contribution is 5.44. The first-order valence-electron chi connectivity index (χ1n) is 17.6. The smallest absolute Gasteiger partial charge is 0.00334 e. The van der Waals surface area contributed by atoms with Crippen molar-refractivity contribution in [1.29, 1.82) is 0 Å². The van der Waals surface area contributed by atoms with Gasteiger partial charge in [-0.15, -0.1) is 0 Å². The molecule has 2 aromatic carbocycles. The average molecular weight is 535 g/mol. The molecule has 8 aliphatic rings. The quantitative estimate of drug-likeness (QED) is 0.331. The normalized spacial score (nSPS) is 42.6. The van der Waals surface area contributed by atoms with Crippen molar-refractivity contribution >= 4 is 0 Å². The van der Waals surface area contributed by atoms with Crippen LogP contribution in [0.5, 0.6) is 0 Å². The van der Waals surface area contributed by atoms with Gasteiger partial charge in [0.05, 0.1) is 0 Å². The lowest BCUT2D eigenvalue weighted by Crippen LogP contribution is -2.66. The molecule has 10 rings (SSSR count). The van der Waals surface area contributed by atoms with Crippen molar-refractivity contribution in [1.82, 2.24) is 0 Å². The third-order valence-corrected chi connectivity index (χ3v) is 14.3. The number of aryl methyl sites for hydroxylation is 4. The monoisotopic (exact) mass is 534 g/mol. The maximum absolute atomic E-state index is 2.71. The first-order valence-corrected chi connectivity index (χ1v) is 17.6.